The Morgan fingerprint density at radius 2 is 1.90 bits per heavy atom. The van der Waals surface area contributed by atoms with E-state index in [1.807, 2.05) is 6.07 Å². The lowest BCUT2D eigenvalue weighted by atomic mass is 10.1. The fraction of sp³-hybridized carbons (Fsp3) is 0. The lowest BCUT2D eigenvalue weighted by Crippen LogP contribution is -2.42. The van der Waals surface area contributed by atoms with Crippen LogP contribution in [0.5, 0.6) is 0 Å². The molecule has 0 radical (unpaired) electrons. The average Bonchev–Trinajstić information content (AvgIpc) is 2.52. The minimum atomic E-state index is -0.935. The predicted octanol–water partition coefficient (Wildman–Crippen LogP) is 1.17. The molecule has 1 heterocycles. The Kier molecular flexibility index (Phi) is 4.21. The third kappa shape index (κ3) is 3.39. The number of hydrazine groups is 1. The summed E-state index contributed by atoms with van der Waals surface area (Å²) in [6, 6.07) is 10.5. The van der Waals surface area contributed by atoms with E-state index in [-0.39, 0.29) is 11.1 Å². The van der Waals surface area contributed by atoms with E-state index < -0.39 is 17.8 Å². The van der Waals surface area contributed by atoms with E-state index in [0.717, 1.165) is 0 Å². The number of nitriles is 1. The largest absolute Gasteiger partial charge is 0.274 e. The molecule has 104 valence electrons. The summed E-state index contributed by atoms with van der Waals surface area (Å²) in [5.41, 5.74) is 4.43. The van der Waals surface area contributed by atoms with Gasteiger partial charge in [0, 0.05) is 11.8 Å². The summed E-state index contributed by atoms with van der Waals surface area (Å²) in [5.74, 6) is -2.38. The van der Waals surface area contributed by atoms with Crippen molar-refractivity contribution in [3.63, 3.8) is 0 Å². The van der Waals surface area contributed by atoms with Gasteiger partial charge < -0.3 is 0 Å². The fourth-order valence-corrected chi connectivity index (χ4v) is 1.54. The van der Waals surface area contributed by atoms with Gasteiger partial charge >= 0.3 is 0 Å². The van der Waals surface area contributed by atoms with Crippen molar-refractivity contribution in [3.05, 3.63) is 65.2 Å². The molecular formula is C14H9FN4O2. The number of halogens is 1. The predicted molar refractivity (Wildman–Crippen MR) is 70.3 cm³/mol. The van der Waals surface area contributed by atoms with E-state index in [1.165, 1.54) is 36.5 Å². The van der Waals surface area contributed by atoms with Gasteiger partial charge in [-0.2, -0.15) is 9.65 Å². The highest BCUT2D eigenvalue weighted by Gasteiger charge is 2.13. The van der Waals surface area contributed by atoms with Gasteiger partial charge in [-0.25, -0.2) is 4.98 Å². The first kappa shape index (κ1) is 14.1. The molecule has 0 spiro atoms. The van der Waals surface area contributed by atoms with Crippen LogP contribution in [-0.2, 0) is 0 Å². The Morgan fingerprint density at radius 3 is 2.62 bits per heavy atom. The number of hydrogen-bond acceptors (Lipinski definition) is 4. The SMILES string of the molecule is N#Cc1cccc(C(=O)NNC(=O)c2cccnc2F)c1. The van der Waals surface area contributed by atoms with Crippen molar-refractivity contribution in [2.24, 2.45) is 0 Å². The number of pyridine rings is 1. The van der Waals surface area contributed by atoms with Gasteiger partial charge in [-0.1, -0.05) is 6.07 Å². The van der Waals surface area contributed by atoms with Crippen LogP contribution in [0.4, 0.5) is 4.39 Å². The Bertz CT molecular complexity index is 740. The quantitative estimate of drug-likeness (QED) is 0.639. The number of carbonyl (C=O) groups excluding carboxylic acids is 2. The lowest BCUT2D eigenvalue weighted by Gasteiger charge is -2.07. The number of benzene rings is 1. The van der Waals surface area contributed by atoms with Crippen molar-refractivity contribution in [1.82, 2.24) is 15.8 Å². The first-order chi connectivity index (χ1) is 10.1. The minimum Gasteiger partial charge on any atom is -0.267 e. The number of aromatic nitrogens is 1. The maximum Gasteiger partial charge on any atom is 0.274 e. The third-order valence-electron chi connectivity index (χ3n) is 2.55. The molecule has 6 nitrogen and oxygen atoms in total. The van der Waals surface area contributed by atoms with Crippen LogP contribution in [0.3, 0.4) is 0 Å². The molecule has 1 aromatic carbocycles. The van der Waals surface area contributed by atoms with Crippen LogP contribution in [0.2, 0.25) is 0 Å². The van der Waals surface area contributed by atoms with Gasteiger partial charge in [0.05, 0.1) is 17.2 Å². The molecule has 2 aromatic rings. The van der Waals surface area contributed by atoms with Gasteiger partial charge in [0.2, 0.25) is 5.95 Å². The molecule has 0 bridgehead atoms. The van der Waals surface area contributed by atoms with Crippen molar-refractivity contribution in [2.75, 3.05) is 0 Å². The van der Waals surface area contributed by atoms with Crippen LogP contribution in [-0.4, -0.2) is 16.8 Å². The van der Waals surface area contributed by atoms with Crippen LogP contribution in [0.1, 0.15) is 26.3 Å². The van der Waals surface area contributed by atoms with Crippen LogP contribution >= 0.6 is 0 Å². The number of rotatable bonds is 2. The van der Waals surface area contributed by atoms with Crippen LogP contribution in [0, 0.1) is 17.3 Å². The molecule has 7 heteroatoms. The molecule has 21 heavy (non-hydrogen) atoms. The first-order valence-electron chi connectivity index (χ1n) is 5.83. The summed E-state index contributed by atoms with van der Waals surface area (Å²) in [5, 5.41) is 8.74. The molecule has 0 atom stereocenters. The summed E-state index contributed by atoms with van der Waals surface area (Å²) in [4.78, 5) is 26.8. The highest BCUT2D eigenvalue weighted by molar-refractivity contribution is 5.99. The van der Waals surface area contributed by atoms with E-state index in [0.29, 0.717) is 5.56 Å². The second-order valence-corrected chi connectivity index (χ2v) is 3.94. The molecule has 1 aromatic heterocycles. The van der Waals surface area contributed by atoms with Crippen molar-refractivity contribution in [2.45, 2.75) is 0 Å². The Labute approximate surface area is 119 Å². The Morgan fingerprint density at radius 1 is 1.14 bits per heavy atom. The zero-order chi connectivity index (χ0) is 15.2. The molecule has 2 amide bonds. The van der Waals surface area contributed by atoms with E-state index in [1.54, 1.807) is 6.07 Å². The van der Waals surface area contributed by atoms with Gasteiger partial charge in [-0.05, 0) is 30.3 Å². The van der Waals surface area contributed by atoms with Gasteiger partial charge in [0.15, 0.2) is 0 Å². The topological polar surface area (TPSA) is 94.9 Å². The monoisotopic (exact) mass is 284 g/mol. The zero-order valence-corrected chi connectivity index (χ0v) is 10.6. The molecule has 0 aliphatic carbocycles. The lowest BCUT2D eigenvalue weighted by molar-refractivity contribution is 0.0843. The molecular weight excluding hydrogens is 275 g/mol. The van der Waals surface area contributed by atoms with Crippen molar-refractivity contribution in [1.29, 1.82) is 5.26 Å². The molecule has 2 N–H and O–H groups in total. The van der Waals surface area contributed by atoms with E-state index in [4.69, 9.17) is 5.26 Å². The molecule has 0 saturated carbocycles. The fourth-order valence-electron chi connectivity index (χ4n) is 1.54. The summed E-state index contributed by atoms with van der Waals surface area (Å²) in [6.07, 6.45) is 1.21. The number of nitrogens with zero attached hydrogens (tertiary/aromatic N) is 2. The molecule has 0 saturated heterocycles. The van der Waals surface area contributed by atoms with Gasteiger partial charge in [-0.3, -0.25) is 20.4 Å². The summed E-state index contributed by atoms with van der Waals surface area (Å²) < 4.78 is 13.3. The summed E-state index contributed by atoms with van der Waals surface area (Å²) in [6.45, 7) is 0. The maximum atomic E-state index is 13.3. The summed E-state index contributed by atoms with van der Waals surface area (Å²) >= 11 is 0. The van der Waals surface area contributed by atoms with Gasteiger partial charge in [0.1, 0.15) is 0 Å². The van der Waals surface area contributed by atoms with Crippen LogP contribution in [0.25, 0.3) is 0 Å². The second-order valence-electron chi connectivity index (χ2n) is 3.94. The number of carbonyl (C=O) groups is 2. The molecule has 0 aliphatic heterocycles. The number of amides is 2. The van der Waals surface area contributed by atoms with Crippen molar-refractivity contribution >= 4 is 11.8 Å². The minimum absolute atomic E-state index is 0.195. The number of hydrogen-bond donors (Lipinski definition) is 2. The molecule has 2 rings (SSSR count). The molecule has 0 unspecified atom stereocenters. The Balaban J connectivity index is 2.03. The van der Waals surface area contributed by atoms with Crippen LogP contribution < -0.4 is 10.9 Å². The zero-order valence-electron chi connectivity index (χ0n) is 10.6. The van der Waals surface area contributed by atoms with E-state index >= 15 is 0 Å². The second kappa shape index (κ2) is 6.25. The highest BCUT2D eigenvalue weighted by atomic mass is 19.1. The number of nitrogens with one attached hydrogen (secondary N) is 2. The van der Waals surface area contributed by atoms with Crippen molar-refractivity contribution in [3.8, 4) is 6.07 Å². The normalized spacial score (nSPS) is 9.52. The van der Waals surface area contributed by atoms with Crippen LogP contribution in [0.15, 0.2) is 42.6 Å². The van der Waals surface area contributed by atoms with E-state index in [9.17, 15) is 14.0 Å². The van der Waals surface area contributed by atoms with Gasteiger partial charge in [0.25, 0.3) is 11.8 Å². The van der Waals surface area contributed by atoms with Crippen molar-refractivity contribution < 1.29 is 14.0 Å². The molecule has 0 aliphatic rings. The van der Waals surface area contributed by atoms with E-state index in [2.05, 4.69) is 15.8 Å². The first-order valence-corrected chi connectivity index (χ1v) is 5.83. The molecule has 0 fully saturated rings. The summed E-state index contributed by atoms with van der Waals surface area (Å²) in [7, 11) is 0. The Hall–Kier alpha value is -3.27. The average molecular weight is 284 g/mol. The van der Waals surface area contributed by atoms with Gasteiger partial charge in [-0.15, -0.1) is 0 Å². The smallest absolute Gasteiger partial charge is 0.267 e. The standard InChI is InChI=1S/C14H9FN4O2/c15-12-11(5-2-6-17-12)14(21)19-18-13(20)10-4-1-3-9(7-10)8-16/h1-7H,(H,18,20)(H,19,21). The highest BCUT2D eigenvalue weighted by Crippen LogP contribution is 2.04. The maximum absolute atomic E-state index is 13.3. The third-order valence-corrected chi connectivity index (χ3v) is 2.55.